The molecule has 2 heterocycles. The average molecular weight is 308 g/mol. The molecule has 0 aromatic carbocycles. The Morgan fingerprint density at radius 1 is 1.52 bits per heavy atom. The third-order valence-corrected chi connectivity index (χ3v) is 5.30. The van der Waals surface area contributed by atoms with Crippen LogP contribution < -0.4 is 11.1 Å². The quantitative estimate of drug-likeness (QED) is 0.873. The van der Waals surface area contributed by atoms with Crippen LogP contribution in [0.2, 0.25) is 0 Å². The van der Waals surface area contributed by atoms with E-state index < -0.39 is 0 Å². The molecule has 3 N–H and O–H groups in total. The molecule has 1 amide bonds. The van der Waals surface area contributed by atoms with E-state index in [-0.39, 0.29) is 5.91 Å². The van der Waals surface area contributed by atoms with Crippen LogP contribution in [-0.4, -0.2) is 34.9 Å². The van der Waals surface area contributed by atoms with E-state index in [9.17, 15) is 4.79 Å². The van der Waals surface area contributed by atoms with E-state index in [0.717, 1.165) is 31.2 Å². The van der Waals surface area contributed by atoms with Crippen LogP contribution in [0.5, 0.6) is 0 Å². The number of thiazole rings is 1. The van der Waals surface area contributed by atoms with Crippen molar-refractivity contribution in [2.75, 3.05) is 18.4 Å². The van der Waals surface area contributed by atoms with Gasteiger partial charge in [-0.25, -0.2) is 4.98 Å². The number of nitrogens with one attached hydrogen (secondary N) is 1. The maximum absolute atomic E-state index is 11.8. The summed E-state index contributed by atoms with van der Waals surface area (Å²) < 4.78 is 0. The number of carbonyl (C=O) groups excluding carboxylic acids is 1. The number of nitrogens with two attached hydrogens (primary N) is 1. The van der Waals surface area contributed by atoms with Gasteiger partial charge in [-0.2, -0.15) is 0 Å². The number of aromatic nitrogens is 1. The standard InChI is InChI=1S/C15H24N4OS/c1-10-8-19(5-4-13(10)16)9-12-7-17-15(21-12)18-14(20)6-11-2-3-11/h7,10-11,13H,2-6,8-9,16H2,1H3,(H,17,18,20). The van der Waals surface area contributed by atoms with Crippen molar-refractivity contribution >= 4 is 22.4 Å². The monoisotopic (exact) mass is 308 g/mol. The van der Waals surface area contributed by atoms with Crippen molar-refractivity contribution in [2.45, 2.75) is 45.2 Å². The second-order valence-corrected chi connectivity index (χ2v) is 7.61. The minimum Gasteiger partial charge on any atom is -0.327 e. The fourth-order valence-electron chi connectivity index (χ4n) is 2.81. The number of rotatable bonds is 5. The fourth-order valence-corrected chi connectivity index (χ4v) is 3.68. The minimum absolute atomic E-state index is 0.107. The average Bonchev–Trinajstić information content (AvgIpc) is 3.13. The van der Waals surface area contributed by atoms with Crippen molar-refractivity contribution in [1.29, 1.82) is 0 Å². The molecule has 1 aromatic rings. The lowest BCUT2D eigenvalue weighted by Crippen LogP contribution is -2.45. The summed E-state index contributed by atoms with van der Waals surface area (Å²) in [6, 6.07) is 0.333. The number of hydrogen-bond donors (Lipinski definition) is 2. The smallest absolute Gasteiger partial charge is 0.226 e. The highest BCUT2D eigenvalue weighted by atomic mass is 32.1. The Labute approximate surface area is 129 Å². The Morgan fingerprint density at radius 3 is 3.05 bits per heavy atom. The predicted molar refractivity (Wildman–Crippen MR) is 85.1 cm³/mol. The molecule has 21 heavy (non-hydrogen) atoms. The lowest BCUT2D eigenvalue weighted by atomic mass is 9.95. The van der Waals surface area contributed by atoms with Crippen molar-refractivity contribution in [3.63, 3.8) is 0 Å². The van der Waals surface area contributed by atoms with Crippen LogP contribution in [0.1, 0.15) is 37.5 Å². The normalized spacial score (nSPS) is 26.8. The highest BCUT2D eigenvalue weighted by molar-refractivity contribution is 7.15. The molecule has 0 bridgehead atoms. The van der Waals surface area contributed by atoms with Crippen molar-refractivity contribution in [1.82, 2.24) is 9.88 Å². The maximum Gasteiger partial charge on any atom is 0.226 e. The summed E-state index contributed by atoms with van der Waals surface area (Å²) in [4.78, 5) is 19.7. The van der Waals surface area contributed by atoms with Gasteiger partial charge in [-0.05, 0) is 31.1 Å². The number of piperidine rings is 1. The van der Waals surface area contributed by atoms with Crippen molar-refractivity contribution in [2.24, 2.45) is 17.6 Å². The zero-order valence-corrected chi connectivity index (χ0v) is 13.4. The topological polar surface area (TPSA) is 71.2 Å². The van der Waals surface area contributed by atoms with Crippen LogP contribution in [0.3, 0.4) is 0 Å². The van der Waals surface area contributed by atoms with E-state index in [2.05, 4.69) is 22.1 Å². The Hall–Kier alpha value is -0.980. The lowest BCUT2D eigenvalue weighted by Gasteiger charge is -2.34. The van der Waals surface area contributed by atoms with Crippen molar-refractivity contribution in [3.05, 3.63) is 11.1 Å². The molecule has 2 atom stereocenters. The van der Waals surface area contributed by atoms with Gasteiger partial charge in [0.1, 0.15) is 0 Å². The zero-order valence-electron chi connectivity index (χ0n) is 12.5. The van der Waals surface area contributed by atoms with Gasteiger partial charge in [0.15, 0.2) is 5.13 Å². The predicted octanol–water partition coefficient (Wildman–Crippen LogP) is 2.05. The first kappa shape index (κ1) is 14.9. The van der Waals surface area contributed by atoms with E-state index >= 15 is 0 Å². The molecule has 2 fully saturated rings. The van der Waals surface area contributed by atoms with Crippen LogP contribution >= 0.6 is 11.3 Å². The second kappa shape index (κ2) is 6.42. The molecule has 1 aliphatic heterocycles. The fraction of sp³-hybridized carbons (Fsp3) is 0.733. The summed E-state index contributed by atoms with van der Waals surface area (Å²) in [6.45, 7) is 5.22. The molecule has 2 aliphatic rings. The SMILES string of the molecule is CC1CN(Cc2cnc(NC(=O)CC3CC3)s2)CCC1N. The van der Waals surface area contributed by atoms with Gasteiger partial charge in [0.2, 0.25) is 5.91 Å². The maximum atomic E-state index is 11.8. The first-order valence-electron chi connectivity index (χ1n) is 7.82. The zero-order chi connectivity index (χ0) is 14.8. The van der Waals surface area contributed by atoms with E-state index in [1.54, 1.807) is 11.3 Å². The lowest BCUT2D eigenvalue weighted by molar-refractivity contribution is -0.116. The molecule has 1 saturated carbocycles. The minimum atomic E-state index is 0.107. The first-order chi connectivity index (χ1) is 10.1. The van der Waals surface area contributed by atoms with E-state index in [0.29, 0.717) is 24.3 Å². The highest BCUT2D eigenvalue weighted by Gasteiger charge is 2.25. The van der Waals surface area contributed by atoms with Crippen LogP contribution in [0.15, 0.2) is 6.20 Å². The number of hydrogen-bond acceptors (Lipinski definition) is 5. The molecule has 1 aliphatic carbocycles. The van der Waals surface area contributed by atoms with E-state index in [4.69, 9.17) is 5.73 Å². The number of carbonyl (C=O) groups is 1. The summed E-state index contributed by atoms with van der Waals surface area (Å²) in [5.41, 5.74) is 6.05. The van der Waals surface area contributed by atoms with Gasteiger partial charge >= 0.3 is 0 Å². The summed E-state index contributed by atoms with van der Waals surface area (Å²) in [6.07, 6.45) is 6.00. The van der Waals surface area contributed by atoms with Gasteiger partial charge in [0, 0.05) is 43.2 Å². The molecule has 0 spiro atoms. The van der Waals surface area contributed by atoms with Gasteiger partial charge < -0.3 is 11.1 Å². The largest absolute Gasteiger partial charge is 0.327 e. The van der Waals surface area contributed by atoms with Crippen LogP contribution in [0.25, 0.3) is 0 Å². The Kier molecular flexibility index (Phi) is 4.57. The summed E-state index contributed by atoms with van der Waals surface area (Å²) in [5.74, 6) is 1.27. The third-order valence-electron chi connectivity index (χ3n) is 4.41. The van der Waals surface area contributed by atoms with Crippen molar-refractivity contribution < 1.29 is 4.79 Å². The Bertz CT molecular complexity index is 500. The van der Waals surface area contributed by atoms with E-state index in [1.165, 1.54) is 17.7 Å². The summed E-state index contributed by atoms with van der Waals surface area (Å²) in [7, 11) is 0. The molecule has 2 unspecified atom stereocenters. The van der Waals surface area contributed by atoms with Crippen LogP contribution in [0.4, 0.5) is 5.13 Å². The third kappa shape index (κ3) is 4.25. The number of amides is 1. The number of nitrogens with zero attached hydrogens (tertiary/aromatic N) is 2. The van der Waals surface area contributed by atoms with Gasteiger partial charge in [-0.3, -0.25) is 9.69 Å². The summed E-state index contributed by atoms with van der Waals surface area (Å²) >= 11 is 1.59. The second-order valence-electron chi connectivity index (χ2n) is 6.49. The van der Waals surface area contributed by atoms with Gasteiger partial charge in [-0.1, -0.05) is 6.92 Å². The molecule has 5 nitrogen and oxygen atoms in total. The molecular weight excluding hydrogens is 284 g/mol. The van der Waals surface area contributed by atoms with Gasteiger partial charge in [-0.15, -0.1) is 11.3 Å². The van der Waals surface area contributed by atoms with Crippen LogP contribution in [-0.2, 0) is 11.3 Å². The van der Waals surface area contributed by atoms with E-state index in [1.807, 2.05) is 6.20 Å². The molecule has 1 aromatic heterocycles. The Morgan fingerprint density at radius 2 is 2.33 bits per heavy atom. The highest BCUT2D eigenvalue weighted by Crippen LogP contribution is 2.32. The number of anilines is 1. The molecular formula is C15H24N4OS. The molecule has 116 valence electrons. The molecule has 3 rings (SSSR count). The number of likely N-dealkylation sites (tertiary alicyclic amines) is 1. The first-order valence-corrected chi connectivity index (χ1v) is 8.64. The summed E-state index contributed by atoms with van der Waals surface area (Å²) in [5, 5.41) is 3.65. The van der Waals surface area contributed by atoms with Crippen LogP contribution in [0, 0.1) is 11.8 Å². The Balaban J connectivity index is 1.49. The molecule has 6 heteroatoms. The molecule has 0 radical (unpaired) electrons. The van der Waals surface area contributed by atoms with Gasteiger partial charge in [0.25, 0.3) is 0 Å². The van der Waals surface area contributed by atoms with Gasteiger partial charge in [0.05, 0.1) is 0 Å². The van der Waals surface area contributed by atoms with Crippen molar-refractivity contribution in [3.8, 4) is 0 Å². The molecule has 1 saturated heterocycles.